The standard InChI is InChI=1S/C21H24FN3O2/c1-14(2)13-19(21-24-17-5-3-4-6-18(17)25-21)23-20(26)11-12-27-16-9-7-15(22)8-10-16/h3-10,14,19H,11-13H2,1-2H3,(H,23,26)(H,24,25). The molecule has 1 aromatic heterocycles. The maximum absolute atomic E-state index is 12.9. The molecule has 0 bridgehead atoms. The van der Waals surface area contributed by atoms with Gasteiger partial charge in [-0.3, -0.25) is 4.79 Å². The number of carbonyl (C=O) groups is 1. The molecule has 0 spiro atoms. The van der Waals surface area contributed by atoms with Gasteiger partial charge in [0.15, 0.2) is 0 Å². The van der Waals surface area contributed by atoms with E-state index in [1.807, 2.05) is 24.3 Å². The molecule has 142 valence electrons. The first kappa shape index (κ1) is 18.9. The van der Waals surface area contributed by atoms with Crippen LogP contribution < -0.4 is 10.1 Å². The number of benzene rings is 2. The second kappa shape index (κ2) is 8.66. The van der Waals surface area contributed by atoms with Crippen LogP contribution in [0.1, 0.15) is 38.6 Å². The lowest BCUT2D eigenvalue weighted by molar-refractivity contribution is -0.122. The number of hydrogen-bond acceptors (Lipinski definition) is 3. The Morgan fingerprint density at radius 2 is 1.93 bits per heavy atom. The maximum Gasteiger partial charge on any atom is 0.224 e. The molecule has 0 aliphatic carbocycles. The molecule has 1 amide bonds. The van der Waals surface area contributed by atoms with E-state index in [9.17, 15) is 9.18 Å². The summed E-state index contributed by atoms with van der Waals surface area (Å²) >= 11 is 0. The predicted octanol–water partition coefficient (Wildman–Crippen LogP) is 4.37. The van der Waals surface area contributed by atoms with Crippen LogP contribution in [-0.2, 0) is 4.79 Å². The first-order chi connectivity index (χ1) is 13.0. The van der Waals surface area contributed by atoms with E-state index in [-0.39, 0.29) is 30.8 Å². The highest BCUT2D eigenvalue weighted by Crippen LogP contribution is 2.22. The van der Waals surface area contributed by atoms with Gasteiger partial charge in [0.1, 0.15) is 17.4 Å². The molecule has 3 aromatic rings. The van der Waals surface area contributed by atoms with Crippen LogP contribution in [0.3, 0.4) is 0 Å². The van der Waals surface area contributed by atoms with Crippen molar-refractivity contribution in [1.29, 1.82) is 0 Å². The van der Waals surface area contributed by atoms with Gasteiger partial charge in [0.05, 0.1) is 30.1 Å². The van der Waals surface area contributed by atoms with E-state index in [2.05, 4.69) is 29.1 Å². The Kier molecular flexibility index (Phi) is 6.06. The molecule has 2 N–H and O–H groups in total. The number of H-pyrrole nitrogens is 1. The van der Waals surface area contributed by atoms with E-state index in [4.69, 9.17) is 4.74 Å². The lowest BCUT2D eigenvalue weighted by Crippen LogP contribution is -2.31. The van der Waals surface area contributed by atoms with Crippen LogP contribution in [0.4, 0.5) is 4.39 Å². The van der Waals surface area contributed by atoms with E-state index < -0.39 is 0 Å². The molecule has 0 aliphatic heterocycles. The number of carbonyl (C=O) groups excluding carboxylic acids is 1. The van der Waals surface area contributed by atoms with Crippen LogP contribution in [0.5, 0.6) is 5.75 Å². The Morgan fingerprint density at radius 3 is 2.63 bits per heavy atom. The van der Waals surface area contributed by atoms with Crippen LogP contribution in [0.2, 0.25) is 0 Å². The van der Waals surface area contributed by atoms with Crippen molar-refractivity contribution in [2.24, 2.45) is 5.92 Å². The van der Waals surface area contributed by atoms with Gasteiger partial charge >= 0.3 is 0 Å². The number of aromatic amines is 1. The number of nitrogens with one attached hydrogen (secondary N) is 2. The van der Waals surface area contributed by atoms with Gasteiger partial charge in [-0.15, -0.1) is 0 Å². The van der Waals surface area contributed by atoms with Crippen molar-refractivity contribution >= 4 is 16.9 Å². The van der Waals surface area contributed by atoms with E-state index in [0.29, 0.717) is 11.7 Å². The summed E-state index contributed by atoms with van der Waals surface area (Å²) in [6.45, 7) is 4.45. The minimum Gasteiger partial charge on any atom is -0.493 e. The Balaban J connectivity index is 1.59. The second-order valence-electron chi connectivity index (χ2n) is 6.94. The quantitative estimate of drug-likeness (QED) is 0.619. The molecule has 0 aliphatic rings. The molecule has 3 rings (SSSR count). The Morgan fingerprint density at radius 1 is 1.19 bits per heavy atom. The molecule has 5 nitrogen and oxygen atoms in total. The third-order valence-corrected chi connectivity index (χ3v) is 4.19. The van der Waals surface area contributed by atoms with E-state index in [0.717, 1.165) is 23.3 Å². The highest BCUT2D eigenvalue weighted by Gasteiger charge is 2.19. The van der Waals surface area contributed by atoms with E-state index in [1.165, 1.54) is 12.1 Å². The number of aromatic nitrogens is 2. The molecule has 1 atom stereocenters. The molecule has 0 fully saturated rings. The Labute approximate surface area is 158 Å². The fourth-order valence-corrected chi connectivity index (χ4v) is 2.91. The molecule has 6 heteroatoms. The van der Waals surface area contributed by atoms with Gasteiger partial charge in [0.25, 0.3) is 0 Å². The Hall–Kier alpha value is -2.89. The van der Waals surface area contributed by atoms with Gasteiger partial charge in [0.2, 0.25) is 5.91 Å². The number of fused-ring (bicyclic) bond motifs is 1. The molecule has 0 radical (unpaired) electrons. The van der Waals surface area contributed by atoms with Crippen LogP contribution in [0.25, 0.3) is 11.0 Å². The fourth-order valence-electron chi connectivity index (χ4n) is 2.91. The van der Waals surface area contributed by atoms with Gasteiger partial charge in [-0.25, -0.2) is 9.37 Å². The number of imidazole rings is 1. The normalized spacial score (nSPS) is 12.3. The zero-order chi connectivity index (χ0) is 19.2. The first-order valence-corrected chi connectivity index (χ1v) is 9.13. The molecule has 1 heterocycles. The predicted molar refractivity (Wildman–Crippen MR) is 103 cm³/mol. The minimum atomic E-state index is -0.317. The van der Waals surface area contributed by atoms with Crippen molar-refractivity contribution in [2.75, 3.05) is 6.61 Å². The average Bonchev–Trinajstić information content (AvgIpc) is 3.07. The molecule has 2 aromatic carbocycles. The third-order valence-electron chi connectivity index (χ3n) is 4.19. The van der Waals surface area contributed by atoms with Gasteiger partial charge in [-0.05, 0) is 48.7 Å². The number of ether oxygens (including phenoxy) is 1. The SMILES string of the molecule is CC(C)CC(NC(=O)CCOc1ccc(F)cc1)c1nc2ccccc2[nH]1. The summed E-state index contributed by atoms with van der Waals surface area (Å²) in [5, 5.41) is 3.05. The number of amides is 1. The number of halogens is 1. The lowest BCUT2D eigenvalue weighted by Gasteiger charge is -2.19. The summed E-state index contributed by atoms with van der Waals surface area (Å²) in [6, 6.07) is 13.4. The summed E-state index contributed by atoms with van der Waals surface area (Å²) in [5.41, 5.74) is 1.84. The molecule has 1 unspecified atom stereocenters. The fraction of sp³-hybridized carbons (Fsp3) is 0.333. The first-order valence-electron chi connectivity index (χ1n) is 9.13. The van der Waals surface area contributed by atoms with Crippen molar-refractivity contribution in [3.63, 3.8) is 0 Å². The maximum atomic E-state index is 12.9. The number of para-hydroxylation sites is 2. The zero-order valence-electron chi connectivity index (χ0n) is 15.5. The van der Waals surface area contributed by atoms with Crippen molar-refractivity contribution in [1.82, 2.24) is 15.3 Å². The van der Waals surface area contributed by atoms with Crippen molar-refractivity contribution in [3.05, 3.63) is 60.2 Å². The molecule has 0 saturated carbocycles. The van der Waals surface area contributed by atoms with Crippen LogP contribution in [0, 0.1) is 11.7 Å². The van der Waals surface area contributed by atoms with Gasteiger partial charge < -0.3 is 15.0 Å². The molecule has 27 heavy (non-hydrogen) atoms. The smallest absolute Gasteiger partial charge is 0.224 e. The summed E-state index contributed by atoms with van der Waals surface area (Å²) in [7, 11) is 0. The highest BCUT2D eigenvalue weighted by atomic mass is 19.1. The largest absolute Gasteiger partial charge is 0.493 e. The van der Waals surface area contributed by atoms with Gasteiger partial charge in [-0.2, -0.15) is 0 Å². The highest BCUT2D eigenvalue weighted by molar-refractivity contribution is 5.77. The van der Waals surface area contributed by atoms with Crippen LogP contribution >= 0.6 is 0 Å². The monoisotopic (exact) mass is 369 g/mol. The zero-order valence-corrected chi connectivity index (χ0v) is 15.5. The van der Waals surface area contributed by atoms with Gasteiger partial charge in [0, 0.05) is 0 Å². The lowest BCUT2D eigenvalue weighted by atomic mass is 10.0. The number of rotatable bonds is 8. The summed E-state index contributed by atoms with van der Waals surface area (Å²) in [4.78, 5) is 20.3. The molecular weight excluding hydrogens is 345 g/mol. The molecule has 0 saturated heterocycles. The minimum absolute atomic E-state index is 0.108. The summed E-state index contributed by atoms with van der Waals surface area (Å²) in [6.07, 6.45) is 0.997. The Bertz CT molecular complexity index is 857. The van der Waals surface area contributed by atoms with E-state index in [1.54, 1.807) is 12.1 Å². The van der Waals surface area contributed by atoms with Crippen LogP contribution in [0.15, 0.2) is 48.5 Å². The van der Waals surface area contributed by atoms with Crippen molar-refractivity contribution in [2.45, 2.75) is 32.7 Å². The summed E-state index contributed by atoms with van der Waals surface area (Å²) in [5.74, 6) is 1.28. The topological polar surface area (TPSA) is 67.0 Å². The van der Waals surface area contributed by atoms with Crippen molar-refractivity contribution < 1.29 is 13.9 Å². The van der Waals surface area contributed by atoms with Gasteiger partial charge in [-0.1, -0.05) is 26.0 Å². The van der Waals surface area contributed by atoms with E-state index >= 15 is 0 Å². The second-order valence-corrected chi connectivity index (χ2v) is 6.94. The van der Waals surface area contributed by atoms with Crippen molar-refractivity contribution in [3.8, 4) is 5.75 Å². The third kappa shape index (κ3) is 5.29. The number of nitrogens with zero attached hydrogens (tertiary/aromatic N) is 1. The van der Waals surface area contributed by atoms with Crippen LogP contribution in [-0.4, -0.2) is 22.5 Å². The average molecular weight is 369 g/mol. The molecular formula is C21H24FN3O2. The summed E-state index contributed by atoms with van der Waals surface area (Å²) < 4.78 is 18.4. The number of hydrogen-bond donors (Lipinski definition) is 2.